The van der Waals surface area contributed by atoms with Crippen LogP contribution in [0.2, 0.25) is 5.02 Å². The number of aromatic nitrogens is 6. The van der Waals surface area contributed by atoms with Gasteiger partial charge in [0.1, 0.15) is 6.33 Å². The van der Waals surface area contributed by atoms with Crippen molar-refractivity contribution in [1.82, 2.24) is 35.7 Å². The van der Waals surface area contributed by atoms with Gasteiger partial charge in [0.05, 0.1) is 29.4 Å². The van der Waals surface area contributed by atoms with E-state index in [2.05, 4.69) is 31.0 Å². The molecule has 2 aromatic heterocycles. The van der Waals surface area contributed by atoms with Crippen LogP contribution in [0.1, 0.15) is 22.4 Å². The number of nitrogens with one attached hydrogen (secondary N) is 2. The number of rotatable bonds is 9. The van der Waals surface area contributed by atoms with Gasteiger partial charge >= 0.3 is 0 Å². The molecule has 0 radical (unpaired) electrons. The molecule has 3 aromatic carbocycles. The van der Waals surface area contributed by atoms with Crippen molar-refractivity contribution in [3.8, 4) is 5.69 Å². The highest BCUT2D eigenvalue weighted by molar-refractivity contribution is 6.30. The molecule has 190 valence electrons. The first-order valence-corrected chi connectivity index (χ1v) is 12.4. The summed E-state index contributed by atoms with van der Waals surface area (Å²) in [7, 11) is 0. The third-order valence-electron chi connectivity index (χ3n) is 6.20. The number of ketones is 1. The van der Waals surface area contributed by atoms with Gasteiger partial charge in [0, 0.05) is 22.0 Å². The molecule has 10 heteroatoms. The number of hydrogen-bond donors (Lipinski definition) is 2. The summed E-state index contributed by atoms with van der Waals surface area (Å²) >= 11 is 6.18. The number of H-pyrrole nitrogens is 1. The Morgan fingerprint density at radius 3 is 2.74 bits per heavy atom. The summed E-state index contributed by atoms with van der Waals surface area (Å²) in [5.41, 5.74) is 4.82. The summed E-state index contributed by atoms with van der Waals surface area (Å²) in [6.45, 7) is 1.98. The minimum atomic E-state index is -0.740. The fourth-order valence-corrected chi connectivity index (χ4v) is 4.47. The molecule has 0 unspecified atom stereocenters. The average Bonchev–Trinajstić information content (AvgIpc) is 3.59. The zero-order chi connectivity index (χ0) is 26.5. The summed E-state index contributed by atoms with van der Waals surface area (Å²) in [5.74, 6) is -0.535. The fraction of sp³-hybridized carbons (Fsp3) is 0.143. The largest absolute Gasteiger partial charge is 0.342 e. The van der Waals surface area contributed by atoms with Crippen molar-refractivity contribution in [3.05, 3.63) is 107 Å². The molecule has 5 rings (SSSR count). The second-order valence-electron chi connectivity index (χ2n) is 8.86. The van der Waals surface area contributed by atoms with Crippen molar-refractivity contribution in [3.63, 3.8) is 0 Å². The number of halogens is 1. The van der Waals surface area contributed by atoms with E-state index in [1.165, 1.54) is 17.1 Å². The molecule has 1 amide bonds. The second kappa shape index (κ2) is 11.2. The molecule has 9 nitrogen and oxygen atoms in total. The maximum Gasteiger partial charge on any atom is 0.244 e. The highest BCUT2D eigenvalue weighted by Gasteiger charge is 2.22. The number of Topliss-reactive ketones (excluding diaryl/α,β-unsaturated/α-hetero) is 1. The van der Waals surface area contributed by atoms with E-state index >= 15 is 0 Å². The Bertz CT molecular complexity index is 1610. The quantitative estimate of drug-likeness (QED) is 0.280. The van der Waals surface area contributed by atoms with Crippen LogP contribution in [-0.2, 0) is 22.4 Å². The summed E-state index contributed by atoms with van der Waals surface area (Å²) in [5, 5.41) is 22.9. The van der Waals surface area contributed by atoms with E-state index in [4.69, 9.17) is 11.6 Å². The predicted molar refractivity (Wildman–Crippen MR) is 145 cm³/mol. The van der Waals surface area contributed by atoms with Gasteiger partial charge in [0.15, 0.2) is 5.78 Å². The molecule has 5 aromatic rings. The summed E-state index contributed by atoms with van der Waals surface area (Å²) in [6.07, 6.45) is 4.92. The van der Waals surface area contributed by atoms with Crippen LogP contribution in [0.25, 0.3) is 22.7 Å². The smallest absolute Gasteiger partial charge is 0.244 e. The first-order chi connectivity index (χ1) is 18.5. The van der Waals surface area contributed by atoms with Crippen LogP contribution in [0.4, 0.5) is 0 Å². The number of tetrazole rings is 1. The fourth-order valence-electron chi connectivity index (χ4n) is 4.29. The normalized spacial score (nSPS) is 12.2. The number of para-hydroxylation sites is 1. The van der Waals surface area contributed by atoms with Crippen LogP contribution >= 0.6 is 11.6 Å². The molecule has 0 saturated carbocycles. The van der Waals surface area contributed by atoms with Crippen molar-refractivity contribution in [2.75, 3.05) is 0 Å². The van der Waals surface area contributed by atoms with Crippen LogP contribution in [0.15, 0.2) is 79.1 Å². The molecule has 0 aliphatic heterocycles. The Morgan fingerprint density at radius 1 is 1.11 bits per heavy atom. The highest BCUT2D eigenvalue weighted by Crippen LogP contribution is 2.21. The minimum Gasteiger partial charge on any atom is -0.342 e. The van der Waals surface area contributed by atoms with Crippen LogP contribution in [0, 0.1) is 6.92 Å². The maximum atomic E-state index is 13.5. The zero-order valence-corrected chi connectivity index (χ0v) is 21.3. The molecular formula is C28H24ClN7O2. The Kier molecular flexibility index (Phi) is 7.37. The number of aryl methyl sites for hydroxylation is 1. The van der Waals surface area contributed by atoms with E-state index in [1.807, 2.05) is 55.5 Å². The summed E-state index contributed by atoms with van der Waals surface area (Å²) < 4.78 is 1.48. The first-order valence-electron chi connectivity index (χ1n) is 12.0. The van der Waals surface area contributed by atoms with Gasteiger partial charge in [-0.3, -0.25) is 14.7 Å². The Morgan fingerprint density at radius 2 is 1.95 bits per heavy atom. The summed E-state index contributed by atoms with van der Waals surface area (Å²) in [4.78, 5) is 26.5. The monoisotopic (exact) mass is 525 g/mol. The number of carbonyl (C=O) groups is 2. The number of hydrogen-bond acceptors (Lipinski definition) is 6. The molecule has 0 fully saturated rings. The summed E-state index contributed by atoms with van der Waals surface area (Å²) in [6, 6.07) is 19.9. The van der Waals surface area contributed by atoms with Gasteiger partial charge in [-0.05, 0) is 59.2 Å². The number of nitrogens with zero attached hydrogens (tertiary/aromatic N) is 5. The van der Waals surface area contributed by atoms with Gasteiger partial charge in [-0.15, -0.1) is 5.10 Å². The first kappa shape index (κ1) is 25.0. The van der Waals surface area contributed by atoms with E-state index in [0.717, 1.165) is 27.7 Å². The number of carbonyl (C=O) groups excluding carboxylic acids is 2. The molecule has 1 atom stereocenters. The Labute approximate surface area is 223 Å². The average molecular weight is 526 g/mol. The number of amides is 1. The van der Waals surface area contributed by atoms with Gasteiger partial charge in [0.25, 0.3) is 0 Å². The van der Waals surface area contributed by atoms with Crippen LogP contribution < -0.4 is 5.32 Å². The third-order valence-corrected chi connectivity index (χ3v) is 6.44. The standard InChI is InChI=1S/C28H24ClN7O2/c1-18-6-5-9-22-23(32-33-28(18)22)16-26(37)24(14-19-7-3-2-4-8-19)31-27(38)13-10-20-15-21(29)11-12-25(20)36-17-30-34-35-36/h2-13,15,17,24H,14,16H2,1H3,(H,31,38)(H,32,33)/b13-10+/t24-/m0/s1. The molecule has 0 aliphatic carbocycles. The lowest BCUT2D eigenvalue weighted by Gasteiger charge is -2.17. The third kappa shape index (κ3) is 5.68. The van der Waals surface area contributed by atoms with Gasteiger partial charge in [-0.1, -0.05) is 60.1 Å². The van der Waals surface area contributed by atoms with E-state index in [1.54, 1.807) is 24.3 Å². The Hall–Kier alpha value is -4.63. The Balaban J connectivity index is 1.37. The molecule has 2 heterocycles. The van der Waals surface area contributed by atoms with E-state index < -0.39 is 11.9 Å². The van der Waals surface area contributed by atoms with Crippen molar-refractivity contribution >= 4 is 40.3 Å². The molecule has 0 aliphatic rings. The molecule has 2 N–H and O–H groups in total. The van der Waals surface area contributed by atoms with Crippen molar-refractivity contribution in [2.45, 2.75) is 25.8 Å². The topological polar surface area (TPSA) is 118 Å². The zero-order valence-electron chi connectivity index (χ0n) is 20.5. The molecule has 0 bridgehead atoms. The van der Waals surface area contributed by atoms with Crippen LogP contribution in [-0.4, -0.2) is 48.1 Å². The SMILES string of the molecule is Cc1cccc2c(CC(=O)[C@H](Cc3ccccc3)NC(=O)/C=C/c3cc(Cl)ccc3-n3cnnn3)[nH]nc12. The van der Waals surface area contributed by atoms with Crippen molar-refractivity contribution in [1.29, 1.82) is 0 Å². The van der Waals surface area contributed by atoms with E-state index in [9.17, 15) is 9.59 Å². The molecule has 0 saturated heterocycles. The van der Waals surface area contributed by atoms with Gasteiger partial charge in [0.2, 0.25) is 5.91 Å². The molecule has 0 spiro atoms. The number of benzene rings is 3. The van der Waals surface area contributed by atoms with Crippen LogP contribution in [0.5, 0.6) is 0 Å². The van der Waals surface area contributed by atoms with Crippen molar-refractivity contribution in [2.24, 2.45) is 0 Å². The number of aromatic amines is 1. The maximum absolute atomic E-state index is 13.5. The van der Waals surface area contributed by atoms with Gasteiger partial charge in [-0.25, -0.2) is 0 Å². The minimum absolute atomic E-state index is 0.110. The van der Waals surface area contributed by atoms with Gasteiger partial charge in [-0.2, -0.15) is 9.78 Å². The lowest BCUT2D eigenvalue weighted by atomic mass is 9.98. The molecular weight excluding hydrogens is 502 g/mol. The van der Waals surface area contributed by atoms with E-state index in [-0.39, 0.29) is 12.2 Å². The lowest BCUT2D eigenvalue weighted by Crippen LogP contribution is -2.42. The number of fused-ring (bicyclic) bond motifs is 1. The van der Waals surface area contributed by atoms with E-state index in [0.29, 0.717) is 22.7 Å². The van der Waals surface area contributed by atoms with Crippen LogP contribution in [0.3, 0.4) is 0 Å². The lowest BCUT2D eigenvalue weighted by molar-refractivity contribution is -0.125. The highest BCUT2D eigenvalue weighted by atomic mass is 35.5. The van der Waals surface area contributed by atoms with Crippen molar-refractivity contribution < 1.29 is 9.59 Å². The van der Waals surface area contributed by atoms with Gasteiger partial charge < -0.3 is 5.32 Å². The second-order valence-corrected chi connectivity index (χ2v) is 9.29. The molecule has 38 heavy (non-hydrogen) atoms. The predicted octanol–water partition coefficient (Wildman–Crippen LogP) is 4.05.